The molecule has 4 nitrogen and oxygen atoms in total. The van der Waals surface area contributed by atoms with Gasteiger partial charge >= 0.3 is 5.97 Å². The number of carbonyl (C=O) groups is 1. The SMILES string of the molecule is CCc1cc(C(=O)O)cc2c(C(C)C)c(C)n(CCO)c12. The molecule has 0 radical (unpaired) electrons. The largest absolute Gasteiger partial charge is 0.478 e. The zero-order valence-electron chi connectivity index (χ0n) is 13.1. The molecule has 0 bridgehead atoms. The number of fused-ring (bicyclic) bond motifs is 1. The number of aliphatic hydroxyl groups is 1. The first-order valence-corrected chi connectivity index (χ1v) is 7.42. The maximum atomic E-state index is 11.4. The standard InChI is InChI=1S/C17H23NO3/c1-5-12-8-13(17(20)21)9-14-15(10(2)3)11(4)18(6-7-19)16(12)14/h8-10,19H,5-7H2,1-4H3,(H,20,21). The summed E-state index contributed by atoms with van der Waals surface area (Å²) < 4.78 is 2.12. The van der Waals surface area contributed by atoms with Crippen LogP contribution in [0, 0.1) is 6.92 Å². The van der Waals surface area contributed by atoms with Gasteiger partial charge < -0.3 is 14.8 Å². The van der Waals surface area contributed by atoms with Crippen molar-refractivity contribution >= 4 is 16.9 Å². The van der Waals surface area contributed by atoms with Gasteiger partial charge in [0.25, 0.3) is 0 Å². The predicted molar refractivity (Wildman–Crippen MR) is 84.2 cm³/mol. The number of aryl methyl sites for hydroxylation is 1. The van der Waals surface area contributed by atoms with Crippen molar-refractivity contribution in [2.75, 3.05) is 6.61 Å². The maximum absolute atomic E-state index is 11.4. The zero-order chi connectivity index (χ0) is 15.7. The molecule has 1 aromatic heterocycles. The molecule has 0 spiro atoms. The van der Waals surface area contributed by atoms with Crippen LogP contribution in [-0.2, 0) is 13.0 Å². The van der Waals surface area contributed by atoms with Crippen molar-refractivity contribution in [2.45, 2.75) is 46.6 Å². The average Bonchev–Trinajstić information content (AvgIpc) is 2.71. The fourth-order valence-electron chi connectivity index (χ4n) is 3.23. The van der Waals surface area contributed by atoms with Crippen LogP contribution in [-0.4, -0.2) is 27.4 Å². The predicted octanol–water partition coefficient (Wildman–Crippen LogP) is 3.33. The van der Waals surface area contributed by atoms with Gasteiger partial charge in [-0.25, -0.2) is 4.79 Å². The third-order valence-electron chi connectivity index (χ3n) is 4.07. The first-order valence-electron chi connectivity index (χ1n) is 7.42. The Labute approximate surface area is 125 Å². The van der Waals surface area contributed by atoms with Crippen LogP contribution in [0.4, 0.5) is 0 Å². The van der Waals surface area contributed by atoms with Crippen molar-refractivity contribution in [1.82, 2.24) is 4.57 Å². The second-order valence-corrected chi connectivity index (χ2v) is 5.72. The van der Waals surface area contributed by atoms with E-state index in [9.17, 15) is 15.0 Å². The Bertz CT molecular complexity index is 683. The minimum atomic E-state index is -0.895. The molecular weight excluding hydrogens is 266 g/mol. The lowest BCUT2D eigenvalue weighted by Crippen LogP contribution is -2.06. The van der Waals surface area contributed by atoms with E-state index in [0.717, 1.165) is 28.6 Å². The Morgan fingerprint density at radius 1 is 1.33 bits per heavy atom. The van der Waals surface area contributed by atoms with Crippen LogP contribution in [0.15, 0.2) is 12.1 Å². The number of aromatic carboxylic acids is 1. The van der Waals surface area contributed by atoms with E-state index in [2.05, 4.69) is 18.4 Å². The first-order chi connectivity index (χ1) is 9.92. The van der Waals surface area contributed by atoms with Crippen molar-refractivity contribution in [1.29, 1.82) is 0 Å². The summed E-state index contributed by atoms with van der Waals surface area (Å²) in [4.78, 5) is 11.4. The highest BCUT2D eigenvalue weighted by Gasteiger charge is 2.20. The van der Waals surface area contributed by atoms with Gasteiger partial charge in [0.2, 0.25) is 0 Å². The molecule has 1 aromatic carbocycles. The van der Waals surface area contributed by atoms with Crippen LogP contribution >= 0.6 is 0 Å². The second kappa shape index (κ2) is 5.90. The number of benzene rings is 1. The number of aliphatic hydroxyl groups excluding tert-OH is 1. The summed E-state index contributed by atoms with van der Waals surface area (Å²) >= 11 is 0. The highest BCUT2D eigenvalue weighted by Crippen LogP contribution is 2.34. The molecule has 0 unspecified atom stereocenters. The third-order valence-corrected chi connectivity index (χ3v) is 4.07. The molecule has 2 aromatic rings. The molecule has 114 valence electrons. The van der Waals surface area contributed by atoms with Gasteiger partial charge in [-0.2, -0.15) is 0 Å². The molecule has 2 N–H and O–H groups in total. The van der Waals surface area contributed by atoms with Crippen molar-refractivity contribution < 1.29 is 15.0 Å². The Kier molecular flexibility index (Phi) is 4.37. The van der Waals surface area contributed by atoms with Crippen molar-refractivity contribution in [2.24, 2.45) is 0 Å². The number of carboxylic acid groups (broad SMARTS) is 1. The van der Waals surface area contributed by atoms with Gasteiger partial charge in [-0.1, -0.05) is 20.8 Å². The minimum absolute atomic E-state index is 0.0754. The monoisotopic (exact) mass is 289 g/mol. The topological polar surface area (TPSA) is 62.5 Å². The lowest BCUT2D eigenvalue weighted by molar-refractivity contribution is 0.0697. The van der Waals surface area contributed by atoms with E-state index in [-0.39, 0.29) is 6.61 Å². The molecule has 21 heavy (non-hydrogen) atoms. The van der Waals surface area contributed by atoms with Gasteiger partial charge in [-0.3, -0.25) is 0 Å². The molecule has 1 heterocycles. The Morgan fingerprint density at radius 3 is 2.48 bits per heavy atom. The van der Waals surface area contributed by atoms with Crippen LogP contribution in [0.5, 0.6) is 0 Å². The summed E-state index contributed by atoms with van der Waals surface area (Å²) in [5, 5.41) is 19.7. The molecule has 0 aliphatic heterocycles. The molecule has 0 fully saturated rings. The number of rotatable bonds is 5. The average molecular weight is 289 g/mol. The van der Waals surface area contributed by atoms with E-state index in [1.165, 1.54) is 5.56 Å². The van der Waals surface area contributed by atoms with Crippen LogP contribution < -0.4 is 0 Å². The van der Waals surface area contributed by atoms with Crippen molar-refractivity contribution in [3.63, 3.8) is 0 Å². The molecule has 0 atom stereocenters. The van der Waals surface area contributed by atoms with E-state index in [1.807, 2.05) is 13.8 Å². The molecular formula is C17H23NO3. The van der Waals surface area contributed by atoms with Gasteiger partial charge in [0.1, 0.15) is 0 Å². The van der Waals surface area contributed by atoms with Crippen LogP contribution in [0.3, 0.4) is 0 Å². The van der Waals surface area contributed by atoms with Crippen LogP contribution in [0.2, 0.25) is 0 Å². The van der Waals surface area contributed by atoms with E-state index < -0.39 is 5.97 Å². The Morgan fingerprint density at radius 2 is 2.00 bits per heavy atom. The first kappa shape index (κ1) is 15.6. The van der Waals surface area contributed by atoms with Crippen LogP contribution in [0.25, 0.3) is 10.9 Å². The normalized spacial score (nSPS) is 11.5. The summed E-state index contributed by atoms with van der Waals surface area (Å²) in [5.41, 5.74) is 4.72. The Hall–Kier alpha value is -1.81. The molecule has 2 rings (SSSR count). The van der Waals surface area contributed by atoms with Gasteiger partial charge in [0.15, 0.2) is 0 Å². The van der Waals surface area contributed by atoms with Gasteiger partial charge in [0.05, 0.1) is 17.7 Å². The fourth-order valence-corrected chi connectivity index (χ4v) is 3.23. The number of nitrogens with zero attached hydrogens (tertiary/aromatic N) is 1. The van der Waals surface area contributed by atoms with Gasteiger partial charge in [0, 0.05) is 17.6 Å². The van der Waals surface area contributed by atoms with E-state index in [0.29, 0.717) is 18.0 Å². The summed E-state index contributed by atoms with van der Waals surface area (Å²) in [6.07, 6.45) is 0.768. The smallest absolute Gasteiger partial charge is 0.335 e. The molecule has 0 aliphatic rings. The lowest BCUT2D eigenvalue weighted by atomic mass is 9.96. The maximum Gasteiger partial charge on any atom is 0.335 e. The highest BCUT2D eigenvalue weighted by atomic mass is 16.4. The van der Waals surface area contributed by atoms with E-state index >= 15 is 0 Å². The Balaban J connectivity index is 2.92. The van der Waals surface area contributed by atoms with Crippen LogP contribution in [0.1, 0.15) is 53.9 Å². The molecule has 0 saturated heterocycles. The summed E-state index contributed by atoms with van der Waals surface area (Å²) in [5.74, 6) is -0.588. The number of hydrogen-bond donors (Lipinski definition) is 2. The second-order valence-electron chi connectivity index (χ2n) is 5.72. The molecule has 0 amide bonds. The number of carboxylic acids is 1. The summed E-state index contributed by atoms with van der Waals surface area (Å²) in [6, 6.07) is 3.52. The van der Waals surface area contributed by atoms with Gasteiger partial charge in [-0.05, 0) is 42.5 Å². The zero-order valence-corrected chi connectivity index (χ0v) is 13.1. The summed E-state index contributed by atoms with van der Waals surface area (Å²) in [6.45, 7) is 8.92. The fraction of sp³-hybridized carbons (Fsp3) is 0.471. The van der Waals surface area contributed by atoms with E-state index in [1.54, 1.807) is 12.1 Å². The van der Waals surface area contributed by atoms with Crippen molar-refractivity contribution in [3.05, 3.63) is 34.5 Å². The number of aromatic nitrogens is 1. The van der Waals surface area contributed by atoms with Gasteiger partial charge in [-0.15, -0.1) is 0 Å². The molecule has 4 heteroatoms. The molecule has 0 aliphatic carbocycles. The quantitative estimate of drug-likeness (QED) is 0.887. The molecule has 0 saturated carbocycles. The third kappa shape index (κ3) is 2.56. The minimum Gasteiger partial charge on any atom is -0.478 e. The van der Waals surface area contributed by atoms with Crippen molar-refractivity contribution in [3.8, 4) is 0 Å². The highest BCUT2D eigenvalue weighted by molar-refractivity contribution is 5.97. The lowest BCUT2D eigenvalue weighted by Gasteiger charge is -2.10. The number of hydrogen-bond acceptors (Lipinski definition) is 2. The summed E-state index contributed by atoms with van der Waals surface area (Å²) in [7, 11) is 0. The van der Waals surface area contributed by atoms with E-state index in [4.69, 9.17) is 0 Å².